The number of hydrazine groups is 1. The lowest BCUT2D eigenvalue weighted by molar-refractivity contribution is 0.0627. The average molecular weight is 268 g/mol. The predicted molar refractivity (Wildman–Crippen MR) is 71.7 cm³/mol. The molecule has 0 aromatic carbocycles. The molecule has 7 nitrogen and oxygen atoms in total. The minimum atomic E-state index is -0.106. The summed E-state index contributed by atoms with van der Waals surface area (Å²) in [6.45, 7) is 1.97. The van der Waals surface area contributed by atoms with Crippen molar-refractivity contribution in [2.75, 3.05) is 45.9 Å². The summed E-state index contributed by atoms with van der Waals surface area (Å²) >= 11 is 0. The molecule has 3 N–H and O–H groups in total. The highest BCUT2D eigenvalue weighted by molar-refractivity contribution is 5.94. The Labute approximate surface area is 112 Å². The van der Waals surface area contributed by atoms with Crippen LogP contribution >= 0.6 is 0 Å². The van der Waals surface area contributed by atoms with Gasteiger partial charge in [0.15, 0.2) is 0 Å². The van der Waals surface area contributed by atoms with Crippen molar-refractivity contribution in [2.45, 2.75) is 0 Å². The van der Waals surface area contributed by atoms with Crippen LogP contribution in [0.5, 0.6) is 0 Å². The first-order valence-electron chi connectivity index (χ1n) is 5.92. The smallest absolute Gasteiger partial charge is 0.255 e. The van der Waals surface area contributed by atoms with Gasteiger partial charge in [-0.25, -0.2) is 10.8 Å². The number of carbonyl (C=O) groups is 1. The molecule has 0 saturated carbocycles. The Morgan fingerprint density at radius 1 is 1.32 bits per heavy atom. The van der Waals surface area contributed by atoms with Crippen LogP contribution in [0.2, 0.25) is 0 Å². The number of anilines is 1. The summed E-state index contributed by atoms with van der Waals surface area (Å²) < 4.78 is 10.00. The summed E-state index contributed by atoms with van der Waals surface area (Å²) in [5.74, 6) is 5.63. The molecule has 0 radical (unpaired) electrons. The van der Waals surface area contributed by atoms with Crippen molar-refractivity contribution >= 4 is 11.7 Å². The number of nitrogens with zero attached hydrogens (tertiary/aromatic N) is 2. The van der Waals surface area contributed by atoms with Crippen LogP contribution in [0.1, 0.15) is 10.4 Å². The molecule has 1 aromatic heterocycles. The number of nitrogens with one attached hydrogen (secondary N) is 1. The molecule has 0 spiro atoms. The van der Waals surface area contributed by atoms with Crippen LogP contribution in [0.4, 0.5) is 5.82 Å². The van der Waals surface area contributed by atoms with Gasteiger partial charge in [-0.05, 0) is 12.1 Å². The van der Waals surface area contributed by atoms with Crippen LogP contribution in [0.3, 0.4) is 0 Å². The minimum absolute atomic E-state index is 0.106. The predicted octanol–water partition coefficient (Wildman–Crippen LogP) is 0.102. The number of amides is 1. The number of methoxy groups -OCH3 is 2. The summed E-state index contributed by atoms with van der Waals surface area (Å²) in [6.07, 6.45) is 1.49. The Balaban J connectivity index is 2.72. The van der Waals surface area contributed by atoms with E-state index >= 15 is 0 Å². The number of carbonyl (C=O) groups excluding carboxylic acids is 1. The summed E-state index contributed by atoms with van der Waals surface area (Å²) in [6, 6.07) is 3.33. The van der Waals surface area contributed by atoms with Crippen molar-refractivity contribution < 1.29 is 14.3 Å². The molecule has 0 atom stereocenters. The molecule has 0 bridgehead atoms. The van der Waals surface area contributed by atoms with Crippen LogP contribution in [0.25, 0.3) is 0 Å². The number of nitrogens with two attached hydrogens (primary N) is 1. The second kappa shape index (κ2) is 8.41. The van der Waals surface area contributed by atoms with E-state index in [0.29, 0.717) is 37.7 Å². The molecule has 19 heavy (non-hydrogen) atoms. The van der Waals surface area contributed by atoms with Crippen LogP contribution in [-0.2, 0) is 9.47 Å². The van der Waals surface area contributed by atoms with Gasteiger partial charge < -0.3 is 19.8 Å². The number of nitrogen functional groups attached to an aromatic ring is 1. The third kappa shape index (κ3) is 4.82. The fraction of sp³-hybridized carbons (Fsp3) is 0.500. The Bertz CT molecular complexity index is 375. The van der Waals surface area contributed by atoms with Gasteiger partial charge in [0.05, 0.1) is 18.8 Å². The molecule has 0 aliphatic heterocycles. The normalized spacial score (nSPS) is 10.3. The molecule has 1 heterocycles. The molecular weight excluding hydrogens is 248 g/mol. The van der Waals surface area contributed by atoms with E-state index in [1.165, 1.54) is 6.20 Å². The number of rotatable bonds is 8. The van der Waals surface area contributed by atoms with Crippen LogP contribution in [0.15, 0.2) is 18.3 Å². The standard InChI is InChI=1S/C12H20N4O3/c1-18-7-5-16(6-8-19-2)12(17)10-3-4-11(15-13)14-9-10/h3-4,9H,5-8,13H2,1-2H3,(H,14,15). The van der Waals surface area contributed by atoms with Crippen molar-refractivity contribution in [3.05, 3.63) is 23.9 Å². The average Bonchev–Trinajstić information content (AvgIpc) is 2.47. The van der Waals surface area contributed by atoms with E-state index in [1.807, 2.05) is 0 Å². The van der Waals surface area contributed by atoms with Crippen molar-refractivity contribution in [1.29, 1.82) is 0 Å². The van der Waals surface area contributed by atoms with Crippen molar-refractivity contribution in [3.8, 4) is 0 Å². The first kappa shape index (κ1) is 15.4. The Hall–Kier alpha value is -1.70. The van der Waals surface area contributed by atoms with Crippen LogP contribution < -0.4 is 11.3 Å². The summed E-state index contributed by atoms with van der Waals surface area (Å²) in [4.78, 5) is 18.0. The van der Waals surface area contributed by atoms with E-state index in [1.54, 1.807) is 31.3 Å². The highest BCUT2D eigenvalue weighted by Gasteiger charge is 2.15. The van der Waals surface area contributed by atoms with Gasteiger partial charge in [0.2, 0.25) is 0 Å². The first-order valence-corrected chi connectivity index (χ1v) is 5.92. The molecular formula is C12H20N4O3. The molecule has 0 fully saturated rings. The van der Waals surface area contributed by atoms with Gasteiger partial charge in [-0.2, -0.15) is 0 Å². The molecule has 0 aliphatic carbocycles. The summed E-state index contributed by atoms with van der Waals surface area (Å²) in [5.41, 5.74) is 2.92. The highest BCUT2D eigenvalue weighted by Crippen LogP contribution is 2.07. The van der Waals surface area contributed by atoms with E-state index in [-0.39, 0.29) is 5.91 Å². The zero-order valence-electron chi connectivity index (χ0n) is 11.3. The largest absolute Gasteiger partial charge is 0.383 e. The zero-order valence-corrected chi connectivity index (χ0v) is 11.3. The first-order chi connectivity index (χ1) is 9.22. The Kier molecular flexibility index (Phi) is 6.80. The molecule has 7 heteroatoms. The maximum Gasteiger partial charge on any atom is 0.255 e. The van der Waals surface area contributed by atoms with E-state index in [0.717, 1.165) is 0 Å². The lowest BCUT2D eigenvalue weighted by Gasteiger charge is -2.22. The fourth-order valence-electron chi connectivity index (χ4n) is 1.51. The molecule has 1 amide bonds. The quantitative estimate of drug-likeness (QED) is 0.513. The second-order valence-corrected chi connectivity index (χ2v) is 3.85. The topological polar surface area (TPSA) is 89.7 Å². The summed E-state index contributed by atoms with van der Waals surface area (Å²) in [7, 11) is 3.20. The molecule has 1 rings (SSSR count). The maximum absolute atomic E-state index is 12.3. The lowest BCUT2D eigenvalue weighted by Crippen LogP contribution is -2.36. The minimum Gasteiger partial charge on any atom is -0.383 e. The van der Waals surface area contributed by atoms with Gasteiger partial charge in [0.1, 0.15) is 5.82 Å². The Morgan fingerprint density at radius 2 is 1.95 bits per heavy atom. The van der Waals surface area contributed by atoms with Crippen LogP contribution in [0, 0.1) is 0 Å². The zero-order chi connectivity index (χ0) is 14.1. The van der Waals surface area contributed by atoms with Gasteiger partial charge >= 0.3 is 0 Å². The van der Waals surface area contributed by atoms with Gasteiger partial charge in [-0.1, -0.05) is 0 Å². The highest BCUT2D eigenvalue weighted by atomic mass is 16.5. The van der Waals surface area contributed by atoms with Crippen LogP contribution in [-0.4, -0.2) is 56.3 Å². The summed E-state index contributed by atoms with van der Waals surface area (Å²) in [5, 5.41) is 0. The number of ether oxygens (including phenoxy) is 2. The fourth-order valence-corrected chi connectivity index (χ4v) is 1.51. The second-order valence-electron chi connectivity index (χ2n) is 3.85. The number of pyridine rings is 1. The number of hydrogen-bond donors (Lipinski definition) is 2. The molecule has 0 aliphatic rings. The van der Waals surface area contributed by atoms with Crippen molar-refractivity contribution in [3.63, 3.8) is 0 Å². The van der Waals surface area contributed by atoms with Gasteiger partial charge in [-0.3, -0.25) is 4.79 Å². The number of hydrogen-bond acceptors (Lipinski definition) is 6. The molecule has 0 unspecified atom stereocenters. The van der Waals surface area contributed by atoms with Crippen molar-refractivity contribution in [2.24, 2.45) is 5.84 Å². The third-order valence-electron chi connectivity index (χ3n) is 2.58. The van der Waals surface area contributed by atoms with Gasteiger partial charge in [-0.15, -0.1) is 0 Å². The van der Waals surface area contributed by atoms with Gasteiger partial charge in [0, 0.05) is 33.5 Å². The SMILES string of the molecule is COCCN(CCOC)C(=O)c1ccc(NN)nc1. The van der Waals surface area contributed by atoms with E-state index < -0.39 is 0 Å². The maximum atomic E-state index is 12.3. The molecule has 106 valence electrons. The lowest BCUT2D eigenvalue weighted by atomic mass is 10.2. The Morgan fingerprint density at radius 3 is 2.37 bits per heavy atom. The third-order valence-corrected chi connectivity index (χ3v) is 2.58. The van der Waals surface area contributed by atoms with Gasteiger partial charge in [0.25, 0.3) is 5.91 Å². The van der Waals surface area contributed by atoms with E-state index in [2.05, 4.69) is 10.4 Å². The molecule has 1 aromatic rings. The van der Waals surface area contributed by atoms with Crippen molar-refractivity contribution in [1.82, 2.24) is 9.88 Å². The molecule has 0 saturated heterocycles. The monoisotopic (exact) mass is 268 g/mol. The van der Waals surface area contributed by atoms with E-state index in [4.69, 9.17) is 15.3 Å². The van der Waals surface area contributed by atoms with E-state index in [9.17, 15) is 4.79 Å². The number of aromatic nitrogens is 1.